The van der Waals surface area contributed by atoms with Crippen molar-refractivity contribution in [3.05, 3.63) is 29.8 Å². The average Bonchev–Trinajstić information content (AvgIpc) is 2.31. The van der Waals surface area contributed by atoms with E-state index in [4.69, 9.17) is 5.11 Å². The zero-order chi connectivity index (χ0) is 13.5. The molecule has 0 amide bonds. The van der Waals surface area contributed by atoms with E-state index in [1.165, 1.54) is 18.2 Å². The van der Waals surface area contributed by atoms with Crippen molar-refractivity contribution in [2.24, 2.45) is 0 Å². The molecule has 0 heterocycles. The smallest absolute Gasteiger partial charge is 0.158 e. The van der Waals surface area contributed by atoms with Crippen LogP contribution in [0.1, 0.15) is 31.7 Å². The van der Waals surface area contributed by atoms with E-state index in [-0.39, 0.29) is 23.7 Å². The minimum absolute atomic E-state index is 0.106. The molecule has 1 aromatic rings. The molecule has 0 aliphatic carbocycles. The van der Waals surface area contributed by atoms with Crippen molar-refractivity contribution in [3.8, 4) is 11.5 Å². The minimum Gasteiger partial charge on any atom is -0.504 e. The molecule has 0 saturated heterocycles. The van der Waals surface area contributed by atoms with Gasteiger partial charge < -0.3 is 15.3 Å². The molecular weight excluding hydrogens is 232 g/mol. The fraction of sp³-hybridized carbons (Fsp3) is 0.357. The predicted molar refractivity (Wildman–Crippen MR) is 69.3 cm³/mol. The predicted octanol–water partition coefficient (Wildman–Crippen LogP) is 2.23. The number of aliphatic hydroxyl groups is 1. The topological polar surface area (TPSA) is 77.8 Å². The van der Waals surface area contributed by atoms with Gasteiger partial charge in [-0.1, -0.05) is 25.5 Å². The number of carbonyl (C=O) groups excluding carboxylic acids is 1. The summed E-state index contributed by atoms with van der Waals surface area (Å²) in [7, 11) is 0. The van der Waals surface area contributed by atoms with Gasteiger partial charge in [-0.15, -0.1) is 0 Å². The van der Waals surface area contributed by atoms with Crippen molar-refractivity contribution in [1.29, 1.82) is 0 Å². The van der Waals surface area contributed by atoms with E-state index in [0.29, 0.717) is 12.0 Å². The first-order chi connectivity index (χ1) is 8.52. The summed E-state index contributed by atoms with van der Waals surface area (Å²) in [5.74, 6) is -0.587. The Morgan fingerprint density at radius 1 is 1.33 bits per heavy atom. The molecule has 0 radical (unpaired) electrons. The van der Waals surface area contributed by atoms with E-state index in [1.54, 1.807) is 12.1 Å². The largest absolute Gasteiger partial charge is 0.504 e. The summed E-state index contributed by atoms with van der Waals surface area (Å²) in [5, 5.41) is 27.9. The highest BCUT2D eigenvalue weighted by atomic mass is 16.3. The molecule has 0 saturated carbocycles. The first-order valence-corrected chi connectivity index (χ1v) is 5.94. The standard InChI is InChI=1S/C14H18O4/c1-2-3-11(15)9-12(16)6-4-10-5-7-13(17)14(18)8-10/h4-8,11,15,17-18H,2-3,9H2,1H3/b6-4+. The lowest BCUT2D eigenvalue weighted by atomic mass is 10.1. The number of aromatic hydroxyl groups is 2. The van der Waals surface area contributed by atoms with Gasteiger partial charge in [0.2, 0.25) is 0 Å². The molecule has 1 aromatic carbocycles. The van der Waals surface area contributed by atoms with Crippen LogP contribution >= 0.6 is 0 Å². The molecule has 98 valence electrons. The summed E-state index contributed by atoms with van der Waals surface area (Å²) in [6.07, 6.45) is 3.86. The van der Waals surface area contributed by atoms with Crippen LogP contribution in [0.15, 0.2) is 24.3 Å². The van der Waals surface area contributed by atoms with Crippen LogP contribution in [0.25, 0.3) is 6.08 Å². The van der Waals surface area contributed by atoms with Gasteiger partial charge in [0.15, 0.2) is 17.3 Å². The summed E-state index contributed by atoms with van der Waals surface area (Å²) >= 11 is 0. The first kappa shape index (κ1) is 14.3. The highest BCUT2D eigenvalue weighted by Gasteiger charge is 2.07. The lowest BCUT2D eigenvalue weighted by Gasteiger charge is -2.05. The number of ketones is 1. The van der Waals surface area contributed by atoms with Gasteiger partial charge in [-0.2, -0.15) is 0 Å². The SMILES string of the molecule is CCCC(O)CC(=O)/C=C/c1ccc(O)c(O)c1. The molecule has 0 fully saturated rings. The molecule has 4 heteroatoms. The first-order valence-electron chi connectivity index (χ1n) is 5.94. The Kier molecular flexibility index (Phi) is 5.39. The Morgan fingerprint density at radius 2 is 2.06 bits per heavy atom. The highest BCUT2D eigenvalue weighted by molar-refractivity contribution is 5.93. The summed E-state index contributed by atoms with van der Waals surface area (Å²) in [6, 6.07) is 4.30. The molecule has 3 N–H and O–H groups in total. The Bertz CT molecular complexity index is 437. The quantitative estimate of drug-likeness (QED) is 0.534. The van der Waals surface area contributed by atoms with Crippen LogP contribution < -0.4 is 0 Å². The molecule has 1 atom stereocenters. The zero-order valence-electron chi connectivity index (χ0n) is 10.3. The third kappa shape index (κ3) is 4.59. The number of carbonyl (C=O) groups is 1. The van der Waals surface area contributed by atoms with Gasteiger partial charge in [0.1, 0.15) is 0 Å². The second kappa shape index (κ2) is 6.81. The molecular formula is C14H18O4. The summed E-state index contributed by atoms with van der Waals surface area (Å²) in [6.45, 7) is 1.95. The lowest BCUT2D eigenvalue weighted by molar-refractivity contribution is -0.116. The number of benzene rings is 1. The number of rotatable bonds is 6. The van der Waals surface area contributed by atoms with Crippen molar-refractivity contribution in [2.75, 3.05) is 0 Å². The molecule has 0 aliphatic rings. The van der Waals surface area contributed by atoms with E-state index in [0.717, 1.165) is 6.42 Å². The van der Waals surface area contributed by atoms with Gasteiger partial charge in [-0.3, -0.25) is 4.79 Å². The third-order valence-corrected chi connectivity index (χ3v) is 2.52. The highest BCUT2D eigenvalue weighted by Crippen LogP contribution is 2.25. The van der Waals surface area contributed by atoms with Crippen LogP contribution in [0.4, 0.5) is 0 Å². The van der Waals surface area contributed by atoms with E-state index in [2.05, 4.69) is 0 Å². The Balaban J connectivity index is 2.58. The van der Waals surface area contributed by atoms with Crippen LogP contribution in [-0.2, 0) is 4.79 Å². The molecule has 0 spiro atoms. The van der Waals surface area contributed by atoms with Gasteiger partial charge in [0.05, 0.1) is 6.10 Å². The van der Waals surface area contributed by atoms with Crippen LogP contribution in [0.3, 0.4) is 0 Å². The van der Waals surface area contributed by atoms with Crippen LogP contribution in [0.5, 0.6) is 11.5 Å². The second-order valence-electron chi connectivity index (χ2n) is 4.19. The van der Waals surface area contributed by atoms with Crippen LogP contribution in [0, 0.1) is 0 Å². The van der Waals surface area contributed by atoms with Gasteiger partial charge >= 0.3 is 0 Å². The Labute approximate surface area is 106 Å². The lowest BCUT2D eigenvalue weighted by Crippen LogP contribution is -2.11. The van der Waals surface area contributed by atoms with E-state index in [9.17, 15) is 15.0 Å². The maximum Gasteiger partial charge on any atom is 0.158 e. The summed E-state index contributed by atoms with van der Waals surface area (Å²) < 4.78 is 0. The van der Waals surface area contributed by atoms with Gasteiger partial charge in [0.25, 0.3) is 0 Å². The van der Waals surface area contributed by atoms with E-state index in [1.807, 2.05) is 6.92 Å². The van der Waals surface area contributed by atoms with E-state index < -0.39 is 6.10 Å². The normalized spacial score (nSPS) is 12.8. The molecule has 0 aromatic heterocycles. The monoisotopic (exact) mass is 250 g/mol. The van der Waals surface area contributed by atoms with Gasteiger partial charge in [-0.25, -0.2) is 0 Å². The van der Waals surface area contributed by atoms with Crippen LogP contribution in [-0.4, -0.2) is 27.2 Å². The van der Waals surface area contributed by atoms with Gasteiger partial charge in [0, 0.05) is 6.42 Å². The molecule has 18 heavy (non-hydrogen) atoms. The van der Waals surface area contributed by atoms with E-state index >= 15 is 0 Å². The second-order valence-corrected chi connectivity index (χ2v) is 4.19. The average molecular weight is 250 g/mol. The van der Waals surface area contributed by atoms with Gasteiger partial charge in [-0.05, 0) is 30.2 Å². The molecule has 1 rings (SSSR count). The number of phenolic OH excluding ortho intramolecular Hbond substituents is 2. The minimum atomic E-state index is -0.597. The number of hydrogen-bond acceptors (Lipinski definition) is 4. The summed E-state index contributed by atoms with van der Waals surface area (Å²) in [5.41, 5.74) is 0.614. The molecule has 0 aliphatic heterocycles. The number of phenols is 2. The zero-order valence-corrected chi connectivity index (χ0v) is 10.3. The van der Waals surface area contributed by atoms with Crippen LogP contribution in [0.2, 0.25) is 0 Å². The Morgan fingerprint density at radius 3 is 2.67 bits per heavy atom. The molecule has 4 nitrogen and oxygen atoms in total. The summed E-state index contributed by atoms with van der Waals surface area (Å²) in [4.78, 5) is 11.5. The fourth-order valence-electron chi connectivity index (χ4n) is 1.57. The fourth-order valence-corrected chi connectivity index (χ4v) is 1.57. The van der Waals surface area contributed by atoms with Crippen molar-refractivity contribution in [1.82, 2.24) is 0 Å². The third-order valence-electron chi connectivity index (χ3n) is 2.52. The Hall–Kier alpha value is -1.81. The maximum absolute atomic E-state index is 11.5. The maximum atomic E-state index is 11.5. The molecule has 0 bridgehead atoms. The number of allylic oxidation sites excluding steroid dienone is 1. The van der Waals surface area contributed by atoms with Crippen molar-refractivity contribution < 1.29 is 20.1 Å². The number of aliphatic hydroxyl groups excluding tert-OH is 1. The molecule has 1 unspecified atom stereocenters. The van der Waals surface area contributed by atoms with Crippen molar-refractivity contribution >= 4 is 11.9 Å². The van der Waals surface area contributed by atoms with Crippen molar-refractivity contribution in [3.63, 3.8) is 0 Å². The number of hydrogen-bond donors (Lipinski definition) is 3. The van der Waals surface area contributed by atoms with Crippen molar-refractivity contribution in [2.45, 2.75) is 32.3 Å².